The number of aryl methyl sites for hydroxylation is 1. The number of halogens is 1. The van der Waals surface area contributed by atoms with E-state index in [0.29, 0.717) is 11.3 Å². The maximum Gasteiger partial charge on any atom is 0.246 e. The third kappa shape index (κ3) is 2.46. The first kappa shape index (κ1) is 14.7. The Labute approximate surface area is 117 Å². The summed E-state index contributed by atoms with van der Waals surface area (Å²) in [4.78, 5) is 0.100. The van der Waals surface area contributed by atoms with Gasteiger partial charge in [0.05, 0.1) is 11.9 Å². The number of H-pyrrole nitrogens is 1. The van der Waals surface area contributed by atoms with Gasteiger partial charge in [0.2, 0.25) is 10.0 Å². The molecule has 0 saturated carbocycles. The predicted molar refractivity (Wildman–Crippen MR) is 73.1 cm³/mol. The van der Waals surface area contributed by atoms with Crippen molar-refractivity contribution in [2.75, 3.05) is 7.05 Å². The van der Waals surface area contributed by atoms with Gasteiger partial charge in [-0.25, -0.2) is 12.8 Å². The molecule has 0 radical (unpaired) electrons. The highest BCUT2D eigenvalue weighted by molar-refractivity contribution is 7.89. The van der Waals surface area contributed by atoms with Crippen molar-refractivity contribution < 1.29 is 12.8 Å². The monoisotopic (exact) mass is 297 g/mol. The number of nitrogens with one attached hydrogen (secondary N) is 1. The molecule has 5 nitrogen and oxygen atoms in total. The molecule has 0 aliphatic heterocycles. The van der Waals surface area contributed by atoms with E-state index in [-0.39, 0.29) is 4.90 Å². The number of sulfonamides is 1. The van der Waals surface area contributed by atoms with Crippen molar-refractivity contribution >= 4 is 10.0 Å². The highest BCUT2D eigenvalue weighted by Crippen LogP contribution is 2.27. The first-order valence-electron chi connectivity index (χ1n) is 6.08. The Bertz CT molecular complexity index is 712. The number of hydrogen-bond acceptors (Lipinski definition) is 3. The summed E-state index contributed by atoms with van der Waals surface area (Å²) in [5, 5.41) is 6.30. The molecule has 108 valence electrons. The predicted octanol–water partition coefficient (Wildman–Crippen LogP) is 2.24. The highest BCUT2D eigenvalue weighted by atomic mass is 32.2. The fourth-order valence-electron chi connectivity index (χ4n) is 1.97. The van der Waals surface area contributed by atoms with Crippen molar-refractivity contribution in [1.29, 1.82) is 0 Å². The van der Waals surface area contributed by atoms with Gasteiger partial charge in [0.25, 0.3) is 0 Å². The molecule has 0 aliphatic carbocycles. The van der Waals surface area contributed by atoms with E-state index in [1.165, 1.54) is 19.3 Å². The molecular weight excluding hydrogens is 281 g/mol. The molecular formula is C13H16FN3O2S. The molecule has 1 atom stereocenters. The van der Waals surface area contributed by atoms with Crippen LogP contribution < -0.4 is 0 Å². The molecule has 0 amide bonds. The first-order valence-corrected chi connectivity index (χ1v) is 7.52. The average molecular weight is 297 g/mol. The Morgan fingerprint density at radius 3 is 2.55 bits per heavy atom. The van der Waals surface area contributed by atoms with Gasteiger partial charge in [-0.3, -0.25) is 5.10 Å². The van der Waals surface area contributed by atoms with Gasteiger partial charge in [-0.05, 0) is 19.9 Å². The molecule has 2 aromatic rings. The topological polar surface area (TPSA) is 66.1 Å². The van der Waals surface area contributed by atoms with Gasteiger partial charge in [0.15, 0.2) is 0 Å². The molecule has 0 bridgehead atoms. The van der Waals surface area contributed by atoms with Crippen LogP contribution in [0.25, 0.3) is 0 Å². The maximum atomic E-state index is 13.8. The Hall–Kier alpha value is -1.73. The summed E-state index contributed by atoms with van der Waals surface area (Å²) in [7, 11) is -2.29. The van der Waals surface area contributed by atoms with Gasteiger partial charge in [-0.2, -0.15) is 9.40 Å². The molecule has 0 spiro atoms. The lowest BCUT2D eigenvalue weighted by molar-refractivity contribution is 0.387. The van der Waals surface area contributed by atoms with E-state index < -0.39 is 21.9 Å². The fraction of sp³-hybridized carbons (Fsp3) is 0.308. The lowest BCUT2D eigenvalue weighted by Gasteiger charge is -2.24. The van der Waals surface area contributed by atoms with Gasteiger partial charge in [0.1, 0.15) is 10.7 Å². The summed E-state index contributed by atoms with van der Waals surface area (Å²) < 4.78 is 39.9. The van der Waals surface area contributed by atoms with Crippen LogP contribution in [-0.4, -0.2) is 30.0 Å². The normalized spacial score (nSPS) is 13.7. The number of aromatic nitrogens is 2. The molecule has 0 saturated heterocycles. The van der Waals surface area contributed by atoms with Crippen molar-refractivity contribution in [3.8, 4) is 0 Å². The molecule has 2 rings (SSSR count). The lowest BCUT2D eigenvalue weighted by Crippen LogP contribution is -2.30. The summed E-state index contributed by atoms with van der Waals surface area (Å²) in [5.74, 6) is -0.425. The van der Waals surface area contributed by atoms with Gasteiger partial charge in [-0.15, -0.1) is 0 Å². The van der Waals surface area contributed by atoms with Crippen LogP contribution in [0.1, 0.15) is 24.2 Å². The Balaban J connectivity index is 2.39. The van der Waals surface area contributed by atoms with E-state index in [1.807, 2.05) is 0 Å². The van der Waals surface area contributed by atoms with E-state index >= 15 is 0 Å². The fourth-order valence-corrected chi connectivity index (χ4v) is 3.43. The minimum Gasteiger partial charge on any atom is -0.281 e. The van der Waals surface area contributed by atoms with Gasteiger partial charge < -0.3 is 0 Å². The highest BCUT2D eigenvalue weighted by Gasteiger charge is 2.29. The van der Waals surface area contributed by atoms with E-state index in [4.69, 9.17) is 0 Å². The number of rotatable bonds is 4. The van der Waals surface area contributed by atoms with E-state index in [9.17, 15) is 12.8 Å². The van der Waals surface area contributed by atoms with Crippen LogP contribution in [0.5, 0.6) is 0 Å². The second kappa shape index (κ2) is 5.34. The zero-order valence-corrected chi connectivity index (χ0v) is 12.3. The van der Waals surface area contributed by atoms with Crippen molar-refractivity contribution in [3.05, 3.63) is 47.5 Å². The number of benzene rings is 1. The summed E-state index contributed by atoms with van der Waals surface area (Å²) in [6, 6.07) is 5.53. The molecule has 7 heteroatoms. The van der Waals surface area contributed by atoms with E-state index in [0.717, 1.165) is 4.31 Å². The summed E-state index contributed by atoms with van der Waals surface area (Å²) >= 11 is 0. The molecule has 0 fully saturated rings. The summed E-state index contributed by atoms with van der Waals surface area (Å²) in [6.45, 7) is 3.27. The Morgan fingerprint density at radius 1 is 1.35 bits per heavy atom. The van der Waals surface area contributed by atoms with E-state index in [2.05, 4.69) is 10.2 Å². The minimum absolute atomic E-state index is 0.100. The van der Waals surface area contributed by atoms with Gasteiger partial charge in [0, 0.05) is 18.7 Å². The Kier molecular flexibility index (Phi) is 3.92. The third-order valence-corrected chi connectivity index (χ3v) is 5.38. The van der Waals surface area contributed by atoms with Crippen LogP contribution in [-0.2, 0) is 10.0 Å². The zero-order chi connectivity index (χ0) is 14.9. The van der Waals surface area contributed by atoms with E-state index in [1.54, 1.807) is 32.0 Å². The van der Waals surface area contributed by atoms with Crippen LogP contribution in [0.3, 0.4) is 0 Å². The molecule has 1 aromatic carbocycles. The van der Waals surface area contributed by atoms with Crippen LogP contribution >= 0.6 is 0 Å². The van der Waals surface area contributed by atoms with Crippen LogP contribution in [0.15, 0.2) is 35.4 Å². The van der Waals surface area contributed by atoms with Crippen molar-refractivity contribution in [2.45, 2.75) is 24.8 Å². The molecule has 20 heavy (non-hydrogen) atoms. The van der Waals surface area contributed by atoms with Gasteiger partial charge >= 0.3 is 0 Å². The SMILES string of the molecule is Cc1[nH]ncc1S(=O)(=O)N(C)C(C)c1ccccc1F. The third-order valence-electron chi connectivity index (χ3n) is 3.34. The minimum atomic E-state index is -3.72. The van der Waals surface area contributed by atoms with Crippen LogP contribution in [0.4, 0.5) is 4.39 Å². The maximum absolute atomic E-state index is 13.8. The standard InChI is InChI=1S/C13H16FN3O2S/c1-9-13(8-15-16-9)20(18,19)17(3)10(2)11-6-4-5-7-12(11)14/h4-8,10H,1-3H3,(H,15,16). The first-order chi connectivity index (χ1) is 9.35. The quantitative estimate of drug-likeness (QED) is 0.941. The second-order valence-corrected chi connectivity index (χ2v) is 6.54. The zero-order valence-electron chi connectivity index (χ0n) is 11.5. The van der Waals surface area contributed by atoms with Crippen molar-refractivity contribution in [1.82, 2.24) is 14.5 Å². The second-order valence-electron chi connectivity index (χ2n) is 4.58. The number of hydrogen-bond donors (Lipinski definition) is 1. The van der Waals surface area contributed by atoms with Gasteiger partial charge in [-0.1, -0.05) is 18.2 Å². The molecule has 0 aliphatic rings. The van der Waals surface area contributed by atoms with Crippen LogP contribution in [0, 0.1) is 12.7 Å². The van der Waals surface area contributed by atoms with Crippen molar-refractivity contribution in [2.24, 2.45) is 0 Å². The Morgan fingerprint density at radius 2 is 2.00 bits per heavy atom. The molecule has 1 aromatic heterocycles. The van der Waals surface area contributed by atoms with Crippen molar-refractivity contribution in [3.63, 3.8) is 0 Å². The molecule has 1 heterocycles. The van der Waals surface area contributed by atoms with Crippen LogP contribution in [0.2, 0.25) is 0 Å². The number of nitrogens with zero attached hydrogens (tertiary/aromatic N) is 2. The molecule has 1 N–H and O–H groups in total. The summed E-state index contributed by atoms with van der Waals surface area (Å²) in [6.07, 6.45) is 1.26. The number of aromatic amines is 1. The molecule has 1 unspecified atom stereocenters. The smallest absolute Gasteiger partial charge is 0.246 e. The average Bonchev–Trinajstić information content (AvgIpc) is 2.84. The lowest BCUT2D eigenvalue weighted by atomic mass is 10.1. The summed E-state index contributed by atoms with van der Waals surface area (Å²) in [5.41, 5.74) is 0.789. The largest absolute Gasteiger partial charge is 0.281 e.